The Bertz CT molecular complexity index is 1510. The molecule has 9 heteroatoms. The van der Waals surface area contributed by atoms with Crippen LogP contribution < -0.4 is 13.8 Å². The molecule has 0 unspecified atom stereocenters. The summed E-state index contributed by atoms with van der Waals surface area (Å²) in [5, 5.41) is 0. The van der Waals surface area contributed by atoms with E-state index in [1.165, 1.54) is 39.9 Å². The van der Waals surface area contributed by atoms with E-state index in [4.69, 9.17) is 4.74 Å². The van der Waals surface area contributed by atoms with Crippen LogP contribution in [0.3, 0.4) is 0 Å². The van der Waals surface area contributed by atoms with Crippen molar-refractivity contribution in [2.24, 2.45) is 4.99 Å². The lowest BCUT2D eigenvalue weighted by molar-refractivity contribution is 0.0997. The highest BCUT2D eigenvalue weighted by Gasteiger charge is 2.23. The maximum atomic E-state index is 13.2. The summed E-state index contributed by atoms with van der Waals surface area (Å²) in [7, 11) is -3.77. The minimum atomic E-state index is -3.77. The molecule has 0 aliphatic heterocycles. The molecule has 0 bridgehead atoms. The minimum absolute atomic E-state index is 0.117. The van der Waals surface area contributed by atoms with Crippen LogP contribution in [0.1, 0.15) is 31.1 Å². The number of sulfonamides is 1. The summed E-state index contributed by atoms with van der Waals surface area (Å²) in [6.45, 7) is 7.16. The quantitative estimate of drug-likeness (QED) is 0.332. The van der Waals surface area contributed by atoms with E-state index in [1.54, 1.807) is 31.2 Å². The van der Waals surface area contributed by atoms with Crippen molar-refractivity contribution in [1.82, 2.24) is 4.57 Å². The van der Waals surface area contributed by atoms with E-state index in [0.29, 0.717) is 29.2 Å². The van der Waals surface area contributed by atoms with Crippen molar-refractivity contribution in [3.8, 4) is 5.75 Å². The fourth-order valence-corrected chi connectivity index (χ4v) is 6.47. The van der Waals surface area contributed by atoms with Crippen molar-refractivity contribution >= 4 is 43.2 Å². The third kappa shape index (κ3) is 4.87. The summed E-state index contributed by atoms with van der Waals surface area (Å²) < 4.78 is 36.5. The second-order valence-electron chi connectivity index (χ2n) is 7.61. The number of carbonyl (C=O) groups is 1. The number of ether oxygens (including phenoxy) is 1. The third-order valence-electron chi connectivity index (χ3n) is 5.50. The highest BCUT2D eigenvalue weighted by atomic mass is 32.2. The smallest absolute Gasteiger partial charge is 0.279 e. The molecule has 0 saturated heterocycles. The fourth-order valence-electron chi connectivity index (χ4n) is 3.88. The Morgan fingerprint density at radius 2 is 1.69 bits per heavy atom. The number of aryl methyl sites for hydroxylation is 1. The molecule has 0 aliphatic carbocycles. The Morgan fingerprint density at radius 3 is 2.31 bits per heavy atom. The van der Waals surface area contributed by atoms with E-state index in [9.17, 15) is 13.2 Å². The molecule has 0 saturated carbocycles. The third-order valence-corrected chi connectivity index (χ3v) is 8.46. The van der Waals surface area contributed by atoms with Gasteiger partial charge in [-0.15, -0.1) is 0 Å². The molecule has 0 aliphatic rings. The Hall–Kier alpha value is -3.43. The lowest BCUT2D eigenvalue weighted by Gasteiger charge is -2.22. The molecule has 182 valence electrons. The van der Waals surface area contributed by atoms with Crippen molar-refractivity contribution < 1.29 is 17.9 Å². The molecule has 0 radical (unpaired) electrons. The largest absolute Gasteiger partial charge is 0.492 e. The molecule has 3 aromatic carbocycles. The molecule has 1 heterocycles. The number of para-hydroxylation sites is 2. The maximum Gasteiger partial charge on any atom is 0.279 e. The van der Waals surface area contributed by atoms with Crippen molar-refractivity contribution in [1.29, 1.82) is 0 Å². The van der Waals surface area contributed by atoms with E-state index >= 15 is 0 Å². The number of aromatic nitrogens is 1. The Morgan fingerprint density at radius 1 is 0.971 bits per heavy atom. The summed E-state index contributed by atoms with van der Waals surface area (Å²) in [5.41, 5.74) is 1.82. The number of benzene rings is 3. The number of hydrogen-bond donors (Lipinski definition) is 0. The molecular weight excluding hydrogens is 482 g/mol. The molecule has 0 spiro atoms. The van der Waals surface area contributed by atoms with Gasteiger partial charge in [0.1, 0.15) is 11.3 Å². The van der Waals surface area contributed by atoms with Gasteiger partial charge in [0.05, 0.1) is 21.9 Å². The lowest BCUT2D eigenvalue weighted by atomic mass is 10.2. The summed E-state index contributed by atoms with van der Waals surface area (Å²) in [4.78, 5) is 18.0. The minimum Gasteiger partial charge on any atom is -0.492 e. The van der Waals surface area contributed by atoms with Crippen LogP contribution in [0.4, 0.5) is 5.69 Å². The fraction of sp³-hybridized carbons (Fsp3) is 0.231. The highest BCUT2D eigenvalue weighted by molar-refractivity contribution is 7.92. The van der Waals surface area contributed by atoms with E-state index in [-0.39, 0.29) is 11.4 Å². The molecule has 0 fully saturated rings. The zero-order chi connectivity index (χ0) is 25.0. The van der Waals surface area contributed by atoms with Gasteiger partial charge in [0, 0.05) is 18.7 Å². The molecule has 35 heavy (non-hydrogen) atoms. The van der Waals surface area contributed by atoms with Gasteiger partial charge in [-0.05, 0) is 69.3 Å². The van der Waals surface area contributed by atoms with E-state index < -0.39 is 15.9 Å². The van der Waals surface area contributed by atoms with E-state index in [1.807, 2.05) is 42.7 Å². The SMILES string of the molecule is CCOc1cccc2sc(=NC(=O)c3ccc(S(=O)(=O)N(CC)c4ccccc4)cc3)n(CC)c12. The number of nitrogens with zero attached hydrogens (tertiary/aromatic N) is 3. The van der Waals surface area contributed by atoms with Gasteiger partial charge >= 0.3 is 0 Å². The van der Waals surface area contributed by atoms with Crippen molar-refractivity contribution in [3.05, 3.63) is 83.2 Å². The standard InChI is InChI=1S/C26H27N3O4S2/c1-4-28-24-22(33-6-3)13-10-14-23(24)34-26(28)27-25(30)19-15-17-21(18-16-19)35(31,32)29(5-2)20-11-8-7-9-12-20/h7-18H,4-6H2,1-3H3. The Balaban J connectivity index is 1.67. The van der Waals surface area contributed by atoms with Gasteiger partial charge in [0.25, 0.3) is 15.9 Å². The molecule has 4 rings (SSSR count). The predicted octanol–water partition coefficient (Wildman–Crippen LogP) is 5.08. The van der Waals surface area contributed by atoms with Crippen LogP contribution in [0.15, 0.2) is 82.7 Å². The van der Waals surface area contributed by atoms with Crippen LogP contribution in [0, 0.1) is 0 Å². The van der Waals surface area contributed by atoms with Crippen molar-refractivity contribution in [2.45, 2.75) is 32.2 Å². The van der Waals surface area contributed by atoms with Gasteiger partial charge in [-0.25, -0.2) is 8.42 Å². The number of carbonyl (C=O) groups excluding carboxylic acids is 1. The van der Waals surface area contributed by atoms with Crippen LogP contribution in [-0.4, -0.2) is 32.0 Å². The summed E-state index contributed by atoms with van der Waals surface area (Å²) >= 11 is 1.42. The topological polar surface area (TPSA) is 81.0 Å². The average Bonchev–Trinajstić information content (AvgIpc) is 3.23. The molecule has 7 nitrogen and oxygen atoms in total. The first-order chi connectivity index (χ1) is 16.9. The number of fused-ring (bicyclic) bond motifs is 1. The van der Waals surface area contributed by atoms with Crippen LogP contribution in [-0.2, 0) is 16.6 Å². The van der Waals surface area contributed by atoms with Gasteiger partial charge in [-0.1, -0.05) is 35.6 Å². The Kier molecular flexibility index (Phi) is 7.37. The maximum absolute atomic E-state index is 13.2. The first-order valence-electron chi connectivity index (χ1n) is 11.4. The van der Waals surface area contributed by atoms with Crippen LogP contribution >= 0.6 is 11.3 Å². The van der Waals surface area contributed by atoms with Crippen molar-refractivity contribution in [3.63, 3.8) is 0 Å². The van der Waals surface area contributed by atoms with Crippen LogP contribution in [0.2, 0.25) is 0 Å². The number of thiazole rings is 1. The average molecular weight is 510 g/mol. The summed E-state index contributed by atoms with van der Waals surface area (Å²) in [6.07, 6.45) is 0. The van der Waals surface area contributed by atoms with Crippen LogP contribution in [0.25, 0.3) is 10.2 Å². The van der Waals surface area contributed by atoms with Crippen molar-refractivity contribution in [2.75, 3.05) is 17.5 Å². The lowest BCUT2D eigenvalue weighted by Crippen LogP contribution is -2.30. The number of rotatable bonds is 8. The molecule has 1 aromatic heterocycles. The second kappa shape index (κ2) is 10.5. The number of amides is 1. The van der Waals surface area contributed by atoms with E-state index in [0.717, 1.165) is 16.0 Å². The summed E-state index contributed by atoms with van der Waals surface area (Å²) in [6, 6.07) is 20.7. The molecule has 1 amide bonds. The number of hydrogen-bond acceptors (Lipinski definition) is 5. The zero-order valence-electron chi connectivity index (χ0n) is 19.8. The van der Waals surface area contributed by atoms with Gasteiger partial charge in [0.15, 0.2) is 4.80 Å². The summed E-state index contributed by atoms with van der Waals surface area (Å²) in [5.74, 6) is 0.321. The monoisotopic (exact) mass is 509 g/mol. The normalized spacial score (nSPS) is 12.1. The Labute approximate surface area is 209 Å². The van der Waals surface area contributed by atoms with Gasteiger partial charge in [0.2, 0.25) is 0 Å². The molecule has 4 aromatic rings. The first kappa shape index (κ1) is 24.7. The highest BCUT2D eigenvalue weighted by Crippen LogP contribution is 2.28. The first-order valence-corrected chi connectivity index (χ1v) is 13.7. The van der Waals surface area contributed by atoms with Gasteiger partial charge in [-0.2, -0.15) is 4.99 Å². The van der Waals surface area contributed by atoms with Gasteiger partial charge in [-0.3, -0.25) is 9.10 Å². The molecular formula is C26H27N3O4S2. The number of anilines is 1. The molecule has 0 N–H and O–H groups in total. The molecule has 0 atom stereocenters. The van der Waals surface area contributed by atoms with Gasteiger partial charge < -0.3 is 9.30 Å². The second-order valence-corrected chi connectivity index (χ2v) is 10.5. The zero-order valence-corrected chi connectivity index (χ0v) is 21.5. The predicted molar refractivity (Wildman–Crippen MR) is 140 cm³/mol. The van der Waals surface area contributed by atoms with Crippen LogP contribution in [0.5, 0.6) is 5.75 Å². The van der Waals surface area contributed by atoms with E-state index in [2.05, 4.69) is 4.99 Å².